The van der Waals surface area contributed by atoms with Crippen molar-refractivity contribution >= 4 is 17.7 Å². The normalized spacial score (nSPS) is 11.4. The van der Waals surface area contributed by atoms with Gasteiger partial charge in [-0.15, -0.1) is 0 Å². The third kappa shape index (κ3) is 5.57. The van der Waals surface area contributed by atoms with Crippen LogP contribution in [0.5, 0.6) is 11.5 Å². The summed E-state index contributed by atoms with van der Waals surface area (Å²) in [4.78, 5) is 34.7. The van der Waals surface area contributed by atoms with Crippen molar-refractivity contribution in [1.29, 1.82) is 0 Å². The molecule has 1 amide bonds. The van der Waals surface area contributed by atoms with E-state index >= 15 is 0 Å². The molecule has 0 fully saturated rings. The van der Waals surface area contributed by atoms with Crippen LogP contribution in [0.3, 0.4) is 0 Å². The predicted molar refractivity (Wildman–Crippen MR) is 103 cm³/mol. The number of hydrogen-bond acceptors (Lipinski definition) is 5. The van der Waals surface area contributed by atoms with Gasteiger partial charge in [0.1, 0.15) is 11.5 Å². The van der Waals surface area contributed by atoms with E-state index in [1.165, 1.54) is 26.2 Å². The molecular formula is C21H23NO6. The molecule has 0 bridgehead atoms. The number of rotatable bonds is 9. The molecule has 7 nitrogen and oxygen atoms in total. The van der Waals surface area contributed by atoms with Gasteiger partial charge >= 0.3 is 5.97 Å². The van der Waals surface area contributed by atoms with Crippen molar-refractivity contribution in [2.45, 2.75) is 26.4 Å². The first-order valence-corrected chi connectivity index (χ1v) is 8.77. The van der Waals surface area contributed by atoms with Crippen molar-refractivity contribution in [1.82, 2.24) is 5.32 Å². The molecule has 2 aromatic carbocycles. The Hall–Kier alpha value is -3.35. The number of Topliss-reactive ketones (excluding diaryl/α,β-unsaturated/α-hetero) is 1. The lowest BCUT2D eigenvalue weighted by Crippen LogP contribution is -2.37. The van der Waals surface area contributed by atoms with Crippen molar-refractivity contribution in [2.24, 2.45) is 0 Å². The smallest absolute Gasteiger partial charge is 0.335 e. The second kappa shape index (κ2) is 9.55. The molecule has 1 atom stereocenters. The molecule has 1 unspecified atom stereocenters. The highest BCUT2D eigenvalue weighted by Crippen LogP contribution is 2.21. The fourth-order valence-electron chi connectivity index (χ4n) is 2.59. The Morgan fingerprint density at radius 1 is 1.11 bits per heavy atom. The maximum Gasteiger partial charge on any atom is 0.335 e. The molecule has 0 spiro atoms. The Kier molecular flexibility index (Phi) is 7.14. The van der Waals surface area contributed by atoms with Crippen molar-refractivity contribution < 1.29 is 29.0 Å². The molecule has 28 heavy (non-hydrogen) atoms. The van der Waals surface area contributed by atoms with Gasteiger partial charge in [-0.1, -0.05) is 18.2 Å². The average molecular weight is 385 g/mol. The first-order valence-electron chi connectivity index (χ1n) is 8.77. The van der Waals surface area contributed by atoms with Crippen LogP contribution < -0.4 is 14.8 Å². The molecular weight excluding hydrogens is 362 g/mol. The van der Waals surface area contributed by atoms with E-state index in [4.69, 9.17) is 14.6 Å². The van der Waals surface area contributed by atoms with Crippen LogP contribution in [-0.2, 0) is 11.2 Å². The lowest BCUT2D eigenvalue weighted by molar-refractivity contribution is -0.127. The molecule has 7 heteroatoms. The van der Waals surface area contributed by atoms with E-state index in [9.17, 15) is 14.4 Å². The summed E-state index contributed by atoms with van der Waals surface area (Å²) in [6, 6.07) is 11.3. The molecule has 0 saturated heterocycles. The molecule has 2 rings (SSSR count). The Balaban J connectivity index is 1.91. The second-order valence-electron chi connectivity index (χ2n) is 6.22. The van der Waals surface area contributed by atoms with Gasteiger partial charge in [0.05, 0.1) is 12.7 Å². The lowest BCUT2D eigenvalue weighted by Gasteiger charge is -2.15. The number of ketones is 1. The topological polar surface area (TPSA) is 102 Å². The highest BCUT2D eigenvalue weighted by Gasteiger charge is 2.15. The molecule has 148 valence electrons. The summed E-state index contributed by atoms with van der Waals surface area (Å²) in [5.41, 5.74) is 1.44. The summed E-state index contributed by atoms with van der Waals surface area (Å²) in [5.74, 6) is -0.501. The van der Waals surface area contributed by atoms with Crippen LogP contribution in [0, 0.1) is 0 Å². The van der Waals surface area contributed by atoms with Gasteiger partial charge in [0.15, 0.2) is 11.9 Å². The van der Waals surface area contributed by atoms with Crippen molar-refractivity contribution in [2.75, 3.05) is 13.7 Å². The van der Waals surface area contributed by atoms with Crippen LogP contribution in [0.2, 0.25) is 0 Å². The fraction of sp³-hybridized carbons (Fsp3) is 0.286. The van der Waals surface area contributed by atoms with E-state index in [1.54, 1.807) is 37.3 Å². The fourth-order valence-corrected chi connectivity index (χ4v) is 2.59. The van der Waals surface area contributed by atoms with E-state index < -0.39 is 12.1 Å². The standard InChI is InChI=1S/C21H23NO6/c1-13(23)16-5-4-6-18(11-16)28-14(2)20(24)22-10-9-15-7-8-17(21(25)26)12-19(15)27-3/h4-8,11-12,14H,9-10H2,1-3H3,(H,22,24)(H,25,26). The summed E-state index contributed by atoms with van der Waals surface area (Å²) in [6.07, 6.45) is -0.264. The van der Waals surface area contributed by atoms with Gasteiger partial charge in [0, 0.05) is 12.1 Å². The van der Waals surface area contributed by atoms with Crippen LogP contribution >= 0.6 is 0 Å². The third-order valence-corrected chi connectivity index (χ3v) is 4.15. The number of carboxylic acids is 1. The molecule has 0 radical (unpaired) electrons. The maximum absolute atomic E-state index is 12.2. The minimum atomic E-state index is -1.03. The van der Waals surface area contributed by atoms with E-state index in [0.717, 1.165) is 5.56 Å². The van der Waals surface area contributed by atoms with E-state index in [-0.39, 0.29) is 17.3 Å². The number of ether oxygens (including phenoxy) is 2. The Morgan fingerprint density at radius 3 is 2.50 bits per heavy atom. The molecule has 0 aliphatic rings. The summed E-state index contributed by atoms with van der Waals surface area (Å²) < 4.78 is 10.8. The maximum atomic E-state index is 12.2. The van der Waals surface area contributed by atoms with Gasteiger partial charge < -0.3 is 19.9 Å². The summed E-state index contributed by atoms with van der Waals surface area (Å²) in [6.45, 7) is 3.42. The minimum Gasteiger partial charge on any atom is -0.496 e. The number of methoxy groups -OCH3 is 1. The number of hydrogen-bond donors (Lipinski definition) is 2. The number of carbonyl (C=O) groups excluding carboxylic acids is 2. The highest BCUT2D eigenvalue weighted by atomic mass is 16.5. The van der Waals surface area contributed by atoms with Crippen molar-refractivity contribution in [3.8, 4) is 11.5 Å². The number of benzene rings is 2. The minimum absolute atomic E-state index is 0.0783. The highest BCUT2D eigenvalue weighted by molar-refractivity contribution is 5.94. The van der Waals surface area contributed by atoms with Gasteiger partial charge in [-0.2, -0.15) is 0 Å². The number of carbonyl (C=O) groups is 3. The molecule has 0 aliphatic carbocycles. The van der Waals surface area contributed by atoms with Crippen LogP contribution in [0.25, 0.3) is 0 Å². The van der Waals surface area contributed by atoms with Gasteiger partial charge in [-0.05, 0) is 50.1 Å². The first-order chi connectivity index (χ1) is 13.3. The Labute approximate surface area is 163 Å². The largest absolute Gasteiger partial charge is 0.496 e. The third-order valence-electron chi connectivity index (χ3n) is 4.15. The Morgan fingerprint density at radius 2 is 1.86 bits per heavy atom. The molecule has 2 aromatic rings. The van der Waals surface area contributed by atoms with E-state index in [0.29, 0.717) is 30.0 Å². The molecule has 2 N–H and O–H groups in total. The van der Waals surface area contributed by atoms with Gasteiger partial charge in [0.2, 0.25) is 0 Å². The van der Waals surface area contributed by atoms with Crippen LogP contribution in [-0.4, -0.2) is 42.5 Å². The number of amides is 1. The average Bonchev–Trinajstić information content (AvgIpc) is 2.67. The zero-order valence-electron chi connectivity index (χ0n) is 16.0. The molecule has 0 aliphatic heterocycles. The zero-order valence-corrected chi connectivity index (χ0v) is 16.0. The SMILES string of the molecule is COc1cc(C(=O)O)ccc1CCNC(=O)C(C)Oc1cccc(C(C)=O)c1. The molecule has 0 heterocycles. The summed E-state index contributed by atoms with van der Waals surface area (Å²) in [7, 11) is 1.47. The first kappa shape index (κ1) is 21.0. The monoisotopic (exact) mass is 385 g/mol. The lowest BCUT2D eigenvalue weighted by atomic mass is 10.1. The number of nitrogens with one attached hydrogen (secondary N) is 1. The van der Waals surface area contributed by atoms with Gasteiger partial charge in [0.25, 0.3) is 5.91 Å². The van der Waals surface area contributed by atoms with Crippen LogP contribution in [0.1, 0.15) is 40.1 Å². The van der Waals surface area contributed by atoms with Crippen LogP contribution in [0.4, 0.5) is 0 Å². The van der Waals surface area contributed by atoms with Gasteiger partial charge in [-0.25, -0.2) is 4.79 Å². The Bertz CT molecular complexity index is 877. The van der Waals surface area contributed by atoms with Crippen molar-refractivity contribution in [3.63, 3.8) is 0 Å². The number of carboxylic acid groups (broad SMARTS) is 1. The van der Waals surface area contributed by atoms with Crippen LogP contribution in [0.15, 0.2) is 42.5 Å². The number of aromatic carboxylic acids is 1. The zero-order chi connectivity index (χ0) is 20.7. The van der Waals surface area contributed by atoms with E-state index in [1.807, 2.05) is 0 Å². The second-order valence-corrected chi connectivity index (χ2v) is 6.22. The predicted octanol–water partition coefficient (Wildman–Crippen LogP) is 2.72. The van der Waals surface area contributed by atoms with Crippen molar-refractivity contribution in [3.05, 3.63) is 59.2 Å². The quantitative estimate of drug-likeness (QED) is 0.644. The van der Waals surface area contributed by atoms with Gasteiger partial charge in [-0.3, -0.25) is 9.59 Å². The molecule has 0 aromatic heterocycles. The molecule has 0 saturated carbocycles. The summed E-state index contributed by atoms with van der Waals surface area (Å²) in [5, 5.41) is 11.8. The summed E-state index contributed by atoms with van der Waals surface area (Å²) >= 11 is 0. The van der Waals surface area contributed by atoms with E-state index in [2.05, 4.69) is 5.32 Å².